The van der Waals surface area contributed by atoms with Crippen molar-refractivity contribution in [3.8, 4) is 16.9 Å². The first-order valence-corrected chi connectivity index (χ1v) is 12.0. The maximum atomic E-state index is 14.3. The van der Waals surface area contributed by atoms with Gasteiger partial charge in [0.2, 0.25) is 0 Å². The number of carbonyl (C=O) groups excluding carboxylic acids is 1. The van der Waals surface area contributed by atoms with Gasteiger partial charge in [0.25, 0.3) is 5.91 Å². The molecule has 8 heteroatoms. The summed E-state index contributed by atoms with van der Waals surface area (Å²) in [6.07, 6.45) is 0. The van der Waals surface area contributed by atoms with Crippen LogP contribution in [0.2, 0.25) is 0 Å². The number of anilines is 3. The van der Waals surface area contributed by atoms with E-state index in [4.69, 9.17) is 0 Å². The molecule has 1 heterocycles. The minimum atomic E-state index is -1.21. The van der Waals surface area contributed by atoms with E-state index in [1.165, 1.54) is 35.2 Å². The molecule has 0 aromatic heterocycles. The molecular formula is C30H24FN3O4. The van der Waals surface area contributed by atoms with Gasteiger partial charge in [0, 0.05) is 22.4 Å². The molecule has 0 unspecified atom stereocenters. The topological polar surface area (TPSA) is 102 Å². The van der Waals surface area contributed by atoms with E-state index in [0.29, 0.717) is 34.0 Å². The van der Waals surface area contributed by atoms with Crippen molar-refractivity contribution in [1.29, 1.82) is 0 Å². The molecule has 0 atom stereocenters. The van der Waals surface area contributed by atoms with Crippen LogP contribution in [0.1, 0.15) is 41.3 Å². The van der Waals surface area contributed by atoms with Gasteiger partial charge in [-0.25, -0.2) is 9.18 Å². The lowest BCUT2D eigenvalue weighted by Crippen LogP contribution is -2.26. The highest BCUT2D eigenvalue weighted by Gasteiger charge is 2.36. The molecule has 0 saturated heterocycles. The van der Waals surface area contributed by atoms with Gasteiger partial charge in [0.1, 0.15) is 11.6 Å². The van der Waals surface area contributed by atoms with Crippen LogP contribution in [-0.4, -0.2) is 27.8 Å². The zero-order valence-electron chi connectivity index (χ0n) is 20.6. The van der Waals surface area contributed by atoms with E-state index in [0.717, 1.165) is 5.56 Å². The molecule has 0 fully saturated rings. The Balaban J connectivity index is 1.61. The lowest BCUT2D eigenvalue weighted by atomic mass is 9.99. The fourth-order valence-electron chi connectivity index (χ4n) is 4.48. The predicted molar refractivity (Wildman–Crippen MR) is 145 cm³/mol. The Kier molecular flexibility index (Phi) is 6.38. The number of benzene rings is 4. The molecule has 0 aliphatic carbocycles. The number of phenols is 1. The number of hydrogen-bond donors (Lipinski definition) is 3. The van der Waals surface area contributed by atoms with Crippen molar-refractivity contribution in [3.63, 3.8) is 0 Å². The van der Waals surface area contributed by atoms with Crippen LogP contribution < -0.4 is 10.3 Å². The van der Waals surface area contributed by atoms with Crippen LogP contribution in [0.3, 0.4) is 0 Å². The second-order valence-electron chi connectivity index (χ2n) is 9.17. The summed E-state index contributed by atoms with van der Waals surface area (Å²) in [5.41, 5.74) is 5.93. The lowest BCUT2D eigenvalue weighted by molar-refractivity contribution is -0.111. The lowest BCUT2D eigenvalue weighted by Gasteiger charge is -2.18. The van der Waals surface area contributed by atoms with Crippen LogP contribution in [0, 0.1) is 5.82 Å². The van der Waals surface area contributed by atoms with Crippen molar-refractivity contribution >= 4 is 34.7 Å². The van der Waals surface area contributed by atoms with E-state index in [9.17, 15) is 24.2 Å². The molecule has 3 N–H and O–H groups in total. The molecule has 0 saturated carbocycles. The number of phenolic OH excluding ortho intramolecular Hbond substituents is 1. The first kappa shape index (κ1) is 24.7. The maximum Gasteiger partial charge on any atom is 0.337 e. The number of aromatic hydroxyl groups is 1. The van der Waals surface area contributed by atoms with E-state index in [-0.39, 0.29) is 22.7 Å². The molecule has 5 rings (SSSR count). The van der Waals surface area contributed by atoms with Gasteiger partial charge in [-0.3, -0.25) is 15.1 Å². The normalized spacial score (nSPS) is 13.7. The Labute approximate surface area is 218 Å². The smallest absolute Gasteiger partial charge is 0.337 e. The maximum absolute atomic E-state index is 14.3. The number of nitrogens with one attached hydrogen (secondary N) is 1. The van der Waals surface area contributed by atoms with E-state index >= 15 is 0 Å². The predicted octanol–water partition coefficient (Wildman–Crippen LogP) is 6.51. The molecule has 0 radical (unpaired) electrons. The van der Waals surface area contributed by atoms with Gasteiger partial charge >= 0.3 is 5.97 Å². The third-order valence-electron chi connectivity index (χ3n) is 6.45. The summed E-state index contributed by atoms with van der Waals surface area (Å²) in [4.78, 5) is 27.0. The minimum absolute atomic E-state index is 0.00337. The molecular weight excluding hydrogens is 485 g/mol. The third-order valence-corrected chi connectivity index (χ3v) is 6.45. The molecule has 7 nitrogen and oxygen atoms in total. The van der Waals surface area contributed by atoms with Crippen LogP contribution in [0.25, 0.3) is 11.1 Å². The third kappa shape index (κ3) is 4.37. The number of rotatable bonds is 6. The van der Waals surface area contributed by atoms with Crippen LogP contribution in [0.15, 0.2) is 90.0 Å². The zero-order chi connectivity index (χ0) is 27.0. The van der Waals surface area contributed by atoms with Crippen LogP contribution in [0.5, 0.6) is 5.75 Å². The summed E-state index contributed by atoms with van der Waals surface area (Å²) in [5, 5.41) is 24.6. The highest BCUT2D eigenvalue weighted by atomic mass is 19.1. The SMILES string of the molecule is CC(C)c1ccc(N2C(=O)/C(=N\Nc3c(C(=O)O)cccc3-c3ccccc3O)c3ccc(F)cc32)cc1. The highest BCUT2D eigenvalue weighted by Crippen LogP contribution is 2.39. The molecule has 38 heavy (non-hydrogen) atoms. The average Bonchev–Trinajstić information content (AvgIpc) is 3.17. The Hall–Kier alpha value is -4.98. The Morgan fingerprint density at radius 1 is 0.921 bits per heavy atom. The van der Waals surface area contributed by atoms with Gasteiger partial charge in [-0.2, -0.15) is 5.10 Å². The van der Waals surface area contributed by atoms with Crippen LogP contribution in [0.4, 0.5) is 21.5 Å². The summed E-state index contributed by atoms with van der Waals surface area (Å²) >= 11 is 0. The minimum Gasteiger partial charge on any atom is -0.507 e. The van der Waals surface area contributed by atoms with Crippen LogP contribution in [-0.2, 0) is 4.79 Å². The van der Waals surface area contributed by atoms with Crippen LogP contribution >= 0.6 is 0 Å². The fourth-order valence-corrected chi connectivity index (χ4v) is 4.48. The Bertz CT molecular complexity index is 1600. The van der Waals surface area contributed by atoms with Crippen molar-refractivity contribution in [2.45, 2.75) is 19.8 Å². The Morgan fingerprint density at radius 3 is 2.32 bits per heavy atom. The monoisotopic (exact) mass is 509 g/mol. The molecule has 1 amide bonds. The standard InChI is InChI=1S/C30H24FN3O4/c1-17(2)18-10-13-20(14-11-18)34-25-16-19(31)12-15-23(25)28(29(34)36)33-32-27-22(7-5-8-24(27)30(37)38)21-6-3-4-9-26(21)35/h3-17,32,35H,1-2H3,(H,37,38)/b33-28-. The summed E-state index contributed by atoms with van der Waals surface area (Å²) < 4.78 is 14.3. The second kappa shape index (κ2) is 9.82. The van der Waals surface area contributed by atoms with Gasteiger partial charge in [-0.15, -0.1) is 0 Å². The van der Waals surface area contributed by atoms with Crippen molar-refractivity contribution in [2.24, 2.45) is 5.10 Å². The summed E-state index contributed by atoms with van der Waals surface area (Å²) in [6, 6.07) is 22.5. The first-order valence-electron chi connectivity index (χ1n) is 12.0. The fraction of sp³-hybridized carbons (Fsp3) is 0.100. The van der Waals surface area contributed by atoms with E-state index in [1.54, 1.807) is 42.5 Å². The molecule has 4 aromatic rings. The van der Waals surface area contributed by atoms with Crippen molar-refractivity contribution in [1.82, 2.24) is 0 Å². The van der Waals surface area contributed by atoms with Crippen molar-refractivity contribution in [2.75, 3.05) is 10.3 Å². The number of carboxylic acid groups (broad SMARTS) is 1. The van der Waals surface area contributed by atoms with Gasteiger partial charge in [-0.1, -0.05) is 56.3 Å². The van der Waals surface area contributed by atoms with Gasteiger partial charge < -0.3 is 10.2 Å². The summed E-state index contributed by atoms with van der Waals surface area (Å²) in [6.45, 7) is 4.13. The largest absolute Gasteiger partial charge is 0.507 e. The quantitative estimate of drug-likeness (QED) is 0.257. The van der Waals surface area contributed by atoms with Crippen molar-refractivity contribution < 1.29 is 24.2 Å². The molecule has 190 valence electrons. The first-order chi connectivity index (χ1) is 18.3. The molecule has 1 aliphatic rings. The number of hydrazone groups is 1. The number of para-hydroxylation sites is 2. The van der Waals surface area contributed by atoms with Gasteiger partial charge in [0.05, 0.1) is 16.9 Å². The number of aromatic carboxylic acids is 1. The van der Waals surface area contributed by atoms with E-state index in [2.05, 4.69) is 24.4 Å². The van der Waals surface area contributed by atoms with Gasteiger partial charge in [0.15, 0.2) is 5.71 Å². The number of carboxylic acids is 1. The van der Waals surface area contributed by atoms with Crippen molar-refractivity contribution in [3.05, 3.63) is 107 Å². The van der Waals surface area contributed by atoms with E-state index in [1.807, 2.05) is 12.1 Å². The zero-order valence-corrected chi connectivity index (χ0v) is 20.6. The van der Waals surface area contributed by atoms with Gasteiger partial charge in [-0.05, 0) is 53.9 Å². The summed E-state index contributed by atoms with van der Waals surface area (Å²) in [5.74, 6) is -1.95. The number of fused-ring (bicyclic) bond motifs is 1. The molecule has 4 aromatic carbocycles. The number of amides is 1. The molecule has 0 spiro atoms. The number of carbonyl (C=O) groups is 2. The molecule has 0 bridgehead atoms. The highest BCUT2D eigenvalue weighted by molar-refractivity contribution is 6.55. The average molecular weight is 510 g/mol. The second-order valence-corrected chi connectivity index (χ2v) is 9.17. The number of hydrogen-bond acceptors (Lipinski definition) is 5. The Morgan fingerprint density at radius 2 is 1.63 bits per heavy atom. The van der Waals surface area contributed by atoms with E-state index < -0.39 is 17.7 Å². The summed E-state index contributed by atoms with van der Waals surface area (Å²) in [7, 11) is 0. The number of nitrogens with zero attached hydrogens (tertiary/aromatic N) is 2. The number of halogens is 1. The molecule has 1 aliphatic heterocycles.